The molecule has 1 aromatic rings. The molecule has 1 aliphatic carbocycles. The number of para-hydroxylation sites is 1. The summed E-state index contributed by atoms with van der Waals surface area (Å²) in [6.45, 7) is 0.901. The lowest BCUT2D eigenvalue weighted by Crippen LogP contribution is -2.71. The molecule has 3 aliphatic heterocycles. The number of carbonyl (C=O) groups is 2. The normalized spacial score (nSPS) is 32.0. The van der Waals surface area contributed by atoms with Crippen molar-refractivity contribution in [3.8, 4) is 0 Å². The molecule has 3 fully saturated rings. The first kappa shape index (κ1) is 14.4. The zero-order valence-electron chi connectivity index (χ0n) is 13.3. The van der Waals surface area contributed by atoms with E-state index in [1.807, 2.05) is 18.2 Å². The number of thiocarbonyl (C=S) groups is 1. The predicted octanol–water partition coefficient (Wildman–Crippen LogP) is 1.60. The Kier molecular flexibility index (Phi) is 2.87. The van der Waals surface area contributed by atoms with Gasteiger partial charge in [0.25, 0.3) is 0 Å². The second-order valence-electron chi connectivity index (χ2n) is 7.29. The van der Waals surface area contributed by atoms with E-state index in [4.69, 9.17) is 12.2 Å². The van der Waals surface area contributed by atoms with E-state index in [0.717, 1.165) is 37.8 Å². The van der Waals surface area contributed by atoms with Crippen LogP contribution >= 0.6 is 12.2 Å². The van der Waals surface area contributed by atoms with Crippen LogP contribution in [0.25, 0.3) is 0 Å². The summed E-state index contributed by atoms with van der Waals surface area (Å²) < 4.78 is 0. The molecule has 2 unspecified atom stereocenters. The van der Waals surface area contributed by atoms with Gasteiger partial charge in [0.2, 0.25) is 11.8 Å². The first-order valence-electron chi connectivity index (χ1n) is 8.66. The van der Waals surface area contributed by atoms with E-state index in [1.54, 1.807) is 4.90 Å². The molecule has 124 valence electrons. The molecule has 1 aromatic carbocycles. The molecule has 0 bridgehead atoms. The minimum Gasteiger partial charge on any atom is -0.367 e. The molecule has 3 heterocycles. The molecule has 1 spiro atoms. The Morgan fingerprint density at radius 2 is 1.96 bits per heavy atom. The maximum atomic E-state index is 13.5. The summed E-state index contributed by atoms with van der Waals surface area (Å²) in [6, 6.07) is 8.27. The third-order valence-corrected chi connectivity index (χ3v) is 6.25. The Morgan fingerprint density at radius 3 is 2.75 bits per heavy atom. The SMILES string of the molecule is O=C1NC(=S)N(C2CC2)C(=O)C12Cc1ccccc1N1CCCC12. The molecule has 1 N–H and O–H groups in total. The number of amides is 2. The molecule has 5 nitrogen and oxygen atoms in total. The van der Waals surface area contributed by atoms with E-state index in [2.05, 4.69) is 16.3 Å². The number of anilines is 1. The quantitative estimate of drug-likeness (QED) is 0.623. The molecule has 24 heavy (non-hydrogen) atoms. The van der Waals surface area contributed by atoms with Crippen molar-refractivity contribution in [2.24, 2.45) is 5.41 Å². The highest BCUT2D eigenvalue weighted by atomic mass is 32.1. The molecule has 2 atom stereocenters. The van der Waals surface area contributed by atoms with Crippen LogP contribution in [0.15, 0.2) is 24.3 Å². The van der Waals surface area contributed by atoms with Crippen LogP contribution in [0.2, 0.25) is 0 Å². The molecule has 2 saturated heterocycles. The predicted molar refractivity (Wildman–Crippen MR) is 93.6 cm³/mol. The molecule has 1 saturated carbocycles. The minimum absolute atomic E-state index is 0.0655. The molecular weight excluding hydrogens is 322 g/mol. The third-order valence-electron chi connectivity index (χ3n) is 5.95. The van der Waals surface area contributed by atoms with E-state index >= 15 is 0 Å². The third kappa shape index (κ3) is 1.72. The summed E-state index contributed by atoms with van der Waals surface area (Å²) in [5.41, 5.74) is 1.23. The van der Waals surface area contributed by atoms with Gasteiger partial charge in [-0.3, -0.25) is 14.5 Å². The van der Waals surface area contributed by atoms with Crippen LogP contribution in [0.1, 0.15) is 31.2 Å². The minimum atomic E-state index is -1.03. The van der Waals surface area contributed by atoms with Crippen LogP contribution in [-0.4, -0.2) is 40.5 Å². The van der Waals surface area contributed by atoms with Crippen molar-refractivity contribution in [3.63, 3.8) is 0 Å². The van der Waals surface area contributed by atoms with Gasteiger partial charge in [-0.15, -0.1) is 0 Å². The van der Waals surface area contributed by atoms with Gasteiger partial charge in [-0.25, -0.2) is 0 Å². The smallest absolute Gasteiger partial charge is 0.247 e. The molecule has 0 aromatic heterocycles. The largest absolute Gasteiger partial charge is 0.367 e. The number of nitrogens with one attached hydrogen (secondary N) is 1. The summed E-state index contributed by atoms with van der Waals surface area (Å²) in [7, 11) is 0. The van der Waals surface area contributed by atoms with Gasteiger partial charge in [-0.05, 0) is 56.0 Å². The Balaban J connectivity index is 1.66. The number of rotatable bonds is 1. The highest BCUT2D eigenvalue weighted by molar-refractivity contribution is 7.80. The topological polar surface area (TPSA) is 52.7 Å². The maximum absolute atomic E-state index is 13.5. The van der Waals surface area contributed by atoms with E-state index in [-0.39, 0.29) is 23.9 Å². The Morgan fingerprint density at radius 1 is 1.17 bits per heavy atom. The Labute approximate surface area is 146 Å². The first-order valence-corrected chi connectivity index (χ1v) is 9.07. The van der Waals surface area contributed by atoms with Crippen molar-refractivity contribution in [2.45, 2.75) is 44.2 Å². The fourth-order valence-electron chi connectivity index (χ4n) is 4.71. The average Bonchev–Trinajstić information content (AvgIpc) is 3.27. The molecule has 5 rings (SSSR count). The van der Waals surface area contributed by atoms with Gasteiger partial charge in [-0.2, -0.15) is 0 Å². The summed E-state index contributed by atoms with van der Waals surface area (Å²) in [5, 5.41) is 3.15. The molecule has 0 radical (unpaired) electrons. The summed E-state index contributed by atoms with van der Waals surface area (Å²) in [6.07, 6.45) is 4.31. The zero-order chi connectivity index (χ0) is 16.5. The van der Waals surface area contributed by atoms with Gasteiger partial charge in [0.15, 0.2) is 10.5 Å². The van der Waals surface area contributed by atoms with E-state index < -0.39 is 5.41 Å². The molecule has 2 amide bonds. The number of nitrogens with zero attached hydrogens (tertiary/aromatic N) is 2. The Hall–Kier alpha value is -1.95. The van der Waals surface area contributed by atoms with Gasteiger partial charge in [0.05, 0.1) is 6.04 Å². The van der Waals surface area contributed by atoms with Crippen molar-refractivity contribution < 1.29 is 9.59 Å². The number of hydrogen-bond acceptors (Lipinski definition) is 4. The van der Waals surface area contributed by atoms with Crippen LogP contribution in [0.3, 0.4) is 0 Å². The number of hydrogen-bond donors (Lipinski definition) is 1. The van der Waals surface area contributed by atoms with Crippen LogP contribution in [-0.2, 0) is 16.0 Å². The number of benzene rings is 1. The van der Waals surface area contributed by atoms with Gasteiger partial charge >= 0.3 is 0 Å². The molecule has 6 heteroatoms. The van der Waals surface area contributed by atoms with Crippen molar-refractivity contribution in [1.82, 2.24) is 10.2 Å². The number of fused-ring (bicyclic) bond motifs is 4. The van der Waals surface area contributed by atoms with Crippen molar-refractivity contribution in [1.29, 1.82) is 0 Å². The van der Waals surface area contributed by atoms with E-state index in [9.17, 15) is 9.59 Å². The van der Waals surface area contributed by atoms with Crippen LogP contribution in [0, 0.1) is 5.41 Å². The van der Waals surface area contributed by atoms with E-state index in [0.29, 0.717) is 11.5 Å². The maximum Gasteiger partial charge on any atom is 0.247 e. The Bertz CT molecular complexity index is 775. The van der Waals surface area contributed by atoms with Crippen LogP contribution in [0.4, 0.5) is 5.69 Å². The van der Waals surface area contributed by atoms with Gasteiger partial charge in [0.1, 0.15) is 0 Å². The highest BCUT2D eigenvalue weighted by Gasteiger charge is 2.63. The lowest BCUT2D eigenvalue weighted by molar-refractivity contribution is -0.152. The lowest BCUT2D eigenvalue weighted by Gasteiger charge is -2.50. The van der Waals surface area contributed by atoms with E-state index in [1.165, 1.54) is 5.69 Å². The van der Waals surface area contributed by atoms with Crippen molar-refractivity contribution >= 4 is 34.8 Å². The van der Waals surface area contributed by atoms with Crippen molar-refractivity contribution in [3.05, 3.63) is 29.8 Å². The van der Waals surface area contributed by atoms with Crippen LogP contribution in [0.5, 0.6) is 0 Å². The standard InChI is InChI=1S/C18H19N3O2S/c22-15-18(16(23)21(12-7-8-12)17(24)19-15)10-11-4-1-2-5-13(11)20-9-3-6-14(18)20/h1-2,4-5,12,14H,3,6-10H2,(H,19,22,24). The monoisotopic (exact) mass is 341 g/mol. The van der Waals surface area contributed by atoms with Crippen LogP contribution < -0.4 is 10.2 Å². The van der Waals surface area contributed by atoms with Crippen molar-refractivity contribution in [2.75, 3.05) is 11.4 Å². The molecule has 4 aliphatic rings. The zero-order valence-corrected chi connectivity index (χ0v) is 14.1. The second kappa shape index (κ2) is 4.79. The number of carbonyl (C=O) groups excluding carboxylic acids is 2. The average molecular weight is 341 g/mol. The second-order valence-corrected chi connectivity index (χ2v) is 7.68. The van der Waals surface area contributed by atoms with Gasteiger partial charge in [-0.1, -0.05) is 18.2 Å². The summed E-state index contributed by atoms with van der Waals surface area (Å²) in [4.78, 5) is 30.5. The lowest BCUT2D eigenvalue weighted by atomic mass is 9.68. The first-order chi connectivity index (χ1) is 11.6. The highest BCUT2D eigenvalue weighted by Crippen LogP contribution is 2.49. The summed E-state index contributed by atoms with van der Waals surface area (Å²) in [5.74, 6) is -0.286. The summed E-state index contributed by atoms with van der Waals surface area (Å²) >= 11 is 5.31. The van der Waals surface area contributed by atoms with Gasteiger partial charge in [0, 0.05) is 18.3 Å². The van der Waals surface area contributed by atoms with Gasteiger partial charge < -0.3 is 10.2 Å². The fourth-order valence-corrected chi connectivity index (χ4v) is 5.04. The fraction of sp³-hybridized carbons (Fsp3) is 0.500. The molecular formula is C18H19N3O2S.